The first-order chi connectivity index (χ1) is 7.27. The third kappa shape index (κ3) is 2.09. The van der Waals surface area contributed by atoms with Gasteiger partial charge in [-0.05, 0) is 12.1 Å². The minimum Gasteiger partial charge on any atom is -0.434 e. The number of hydrogen-bond donors (Lipinski definition) is 1. The van der Waals surface area contributed by atoms with Gasteiger partial charge in [-0.25, -0.2) is 4.98 Å². The Hall–Kier alpha value is -1.98. The van der Waals surface area contributed by atoms with E-state index in [0.29, 0.717) is 11.4 Å². The van der Waals surface area contributed by atoms with Crippen molar-refractivity contribution in [2.24, 2.45) is 0 Å². The molecule has 77 valence electrons. The fourth-order valence-corrected chi connectivity index (χ4v) is 1.16. The molecule has 0 aliphatic carbocycles. The van der Waals surface area contributed by atoms with Gasteiger partial charge in [0.15, 0.2) is 5.82 Å². The molecule has 15 heavy (non-hydrogen) atoms. The van der Waals surface area contributed by atoms with E-state index in [9.17, 15) is 8.78 Å². The van der Waals surface area contributed by atoms with E-state index in [1.165, 1.54) is 6.07 Å². The second kappa shape index (κ2) is 4.04. The molecule has 0 fully saturated rings. The molecule has 1 heterocycles. The number of aromatic amines is 1. The first-order valence-electron chi connectivity index (χ1n) is 4.10. The molecule has 2 rings (SSSR count). The fourth-order valence-electron chi connectivity index (χ4n) is 1.16. The quantitative estimate of drug-likeness (QED) is 0.841. The maximum absolute atomic E-state index is 12.1. The minimum absolute atomic E-state index is 0.0534. The largest absolute Gasteiger partial charge is 0.434 e. The highest BCUT2D eigenvalue weighted by Crippen LogP contribution is 2.27. The summed E-state index contributed by atoms with van der Waals surface area (Å²) in [7, 11) is 0. The molecule has 0 aliphatic heterocycles. The van der Waals surface area contributed by atoms with Crippen LogP contribution in [-0.2, 0) is 0 Å². The van der Waals surface area contributed by atoms with Crippen LogP contribution in [0.4, 0.5) is 8.78 Å². The summed E-state index contributed by atoms with van der Waals surface area (Å²) in [4.78, 5) is 3.74. The Kier molecular flexibility index (Phi) is 2.57. The molecule has 0 bridgehead atoms. The van der Waals surface area contributed by atoms with E-state index in [2.05, 4.69) is 26.2 Å². The first kappa shape index (κ1) is 9.57. The molecule has 0 saturated heterocycles. The number of H-pyrrole nitrogens is 1. The van der Waals surface area contributed by atoms with Crippen molar-refractivity contribution < 1.29 is 13.5 Å². The van der Waals surface area contributed by atoms with Crippen LogP contribution in [0, 0.1) is 6.33 Å². The van der Waals surface area contributed by atoms with Gasteiger partial charge >= 0.3 is 6.61 Å². The molecular weight excluding hydrogens is 204 g/mol. The number of nitrogens with one attached hydrogen (secondary N) is 1. The molecule has 0 unspecified atom stereocenters. The van der Waals surface area contributed by atoms with E-state index in [1.54, 1.807) is 18.2 Å². The molecule has 0 spiro atoms. The summed E-state index contributed by atoms with van der Waals surface area (Å²) in [5.41, 5.74) is 0.423. The van der Waals surface area contributed by atoms with Crippen molar-refractivity contribution in [3.63, 3.8) is 0 Å². The minimum atomic E-state index is -2.86. The molecule has 4 nitrogen and oxygen atoms in total. The van der Waals surface area contributed by atoms with Gasteiger partial charge in [0.05, 0.1) is 5.56 Å². The number of ether oxygens (including phenoxy) is 1. The summed E-state index contributed by atoms with van der Waals surface area (Å²) in [6.07, 6.45) is 2.31. The van der Waals surface area contributed by atoms with Crippen molar-refractivity contribution in [2.75, 3.05) is 0 Å². The average Bonchev–Trinajstić information content (AvgIpc) is 2.70. The number of para-hydroxylation sites is 1. The summed E-state index contributed by atoms with van der Waals surface area (Å²) in [5.74, 6) is 0.393. The molecule has 0 amide bonds. The number of alkyl halides is 2. The Balaban J connectivity index is 2.38. The maximum atomic E-state index is 12.1. The standard InChI is InChI=1S/C9H6F2N3O/c10-9(11)15-7-4-2-1-3-6(7)8-12-5-13-14-8/h1-4,9H,(H,12,13,14). The summed E-state index contributed by atoms with van der Waals surface area (Å²) in [6, 6.07) is 6.33. The smallest absolute Gasteiger partial charge is 0.387 e. The Bertz CT molecular complexity index is 431. The van der Waals surface area contributed by atoms with E-state index >= 15 is 0 Å². The summed E-state index contributed by atoms with van der Waals surface area (Å²) >= 11 is 0. The molecule has 0 atom stereocenters. The van der Waals surface area contributed by atoms with E-state index in [4.69, 9.17) is 0 Å². The Morgan fingerprint density at radius 3 is 2.80 bits per heavy atom. The highest BCUT2D eigenvalue weighted by molar-refractivity contribution is 5.63. The number of halogens is 2. The van der Waals surface area contributed by atoms with Gasteiger partial charge in [-0.2, -0.15) is 8.78 Å². The van der Waals surface area contributed by atoms with Gasteiger partial charge in [-0.1, -0.05) is 12.1 Å². The monoisotopic (exact) mass is 210 g/mol. The van der Waals surface area contributed by atoms with Crippen molar-refractivity contribution >= 4 is 0 Å². The van der Waals surface area contributed by atoms with Gasteiger partial charge in [0.1, 0.15) is 5.75 Å². The molecular formula is C9H6F2N3O. The van der Waals surface area contributed by atoms with Gasteiger partial charge in [-0.15, -0.1) is 5.10 Å². The van der Waals surface area contributed by atoms with Gasteiger partial charge in [-0.3, -0.25) is 5.10 Å². The van der Waals surface area contributed by atoms with Crippen molar-refractivity contribution in [1.29, 1.82) is 0 Å². The zero-order valence-corrected chi connectivity index (χ0v) is 7.45. The SMILES string of the molecule is FC(F)Oc1ccccc1-c1n[c]n[nH]1. The third-order valence-corrected chi connectivity index (χ3v) is 1.73. The number of hydrogen-bond acceptors (Lipinski definition) is 3. The van der Waals surface area contributed by atoms with E-state index < -0.39 is 6.61 Å². The lowest BCUT2D eigenvalue weighted by Gasteiger charge is -2.07. The highest BCUT2D eigenvalue weighted by Gasteiger charge is 2.11. The zero-order chi connectivity index (χ0) is 10.7. The maximum Gasteiger partial charge on any atom is 0.387 e. The number of benzene rings is 1. The van der Waals surface area contributed by atoms with Crippen molar-refractivity contribution in [2.45, 2.75) is 6.61 Å². The lowest BCUT2D eigenvalue weighted by Crippen LogP contribution is -2.03. The van der Waals surface area contributed by atoms with Crippen LogP contribution in [0.15, 0.2) is 24.3 Å². The number of aromatic nitrogens is 3. The van der Waals surface area contributed by atoms with E-state index in [1.807, 2.05) is 0 Å². The Morgan fingerprint density at radius 1 is 1.33 bits per heavy atom. The molecule has 1 aromatic carbocycles. The zero-order valence-electron chi connectivity index (χ0n) is 7.45. The Morgan fingerprint density at radius 2 is 2.13 bits per heavy atom. The van der Waals surface area contributed by atoms with Crippen LogP contribution in [0.2, 0.25) is 0 Å². The Labute approximate surface area is 83.9 Å². The van der Waals surface area contributed by atoms with E-state index in [0.717, 1.165) is 0 Å². The topological polar surface area (TPSA) is 50.8 Å². The van der Waals surface area contributed by atoms with Crippen molar-refractivity contribution in [3.8, 4) is 17.1 Å². The van der Waals surface area contributed by atoms with E-state index in [-0.39, 0.29) is 5.75 Å². The molecule has 1 radical (unpaired) electrons. The molecule has 0 aliphatic rings. The summed E-state index contributed by atoms with van der Waals surface area (Å²) in [6.45, 7) is -2.86. The van der Waals surface area contributed by atoms with Gasteiger partial charge in [0.2, 0.25) is 6.33 Å². The summed E-state index contributed by atoms with van der Waals surface area (Å²) < 4.78 is 28.5. The van der Waals surface area contributed by atoms with Crippen LogP contribution in [0.5, 0.6) is 5.75 Å². The van der Waals surface area contributed by atoms with Crippen LogP contribution < -0.4 is 4.74 Å². The molecule has 2 aromatic rings. The predicted octanol–water partition coefficient (Wildman–Crippen LogP) is 1.87. The van der Waals surface area contributed by atoms with Crippen LogP contribution in [0.25, 0.3) is 11.4 Å². The predicted molar refractivity (Wildman–Crippen MR) is 47.3 cm³/mol. The lowest BCUT2D eigenvalue weighted by atomic mass is 10.2. The first-order valence-corrected chi connectivity index (χ1v) is 4.10. The highest BCUT2D eigenvalue weighted by atomic mass is 19.3. The number of nitrogens with zero attached hydrogens (tertiary/aromatic N) is 2. The number of rotatable bonds is 3. The van der Waals surface area contributed by atoms with Crippen LogP contribution in [0.3, 0.4) is 0 Å². The third-order valence-electron chi connectivity index (χ3n) is 1.73. The second-order valence-electron chi connectivity index (χ2n) is 2.66. The molecule has 6 heteroatoms. The molecule has 1 N–H and O–H groups in total. The van der Waals surface area contributed by atoms with Gasteiger partial charge < -0.3 is 4.74 Å². The normalized spacial score (nSPS) is 10.6. The molecule has 0 saturated carbocycles. The molecule has 1 aromatic heterocycles. The summed E-state index contributed by atoms with van der Waals surface area (Å²) in [5, 5.41) is 6.04. The van der Waals surface area contributed by atoms with Crippen LogP contribution in [0.1, 0.15) is 0 Å². The van der Waals surface area contributed by atoms with Gasteiger partial charge in [0, 0.05) is 0 Å². The second-order valence-corrected chi connectivity index (χ2v) is 2.66. The van der Waals surface area contributed by atoms with Crippen LogP contribution in [-0.4, -0.2) is 21.8 Å². The van der Waals surface area contributed by atoms with Crippen LogP contribution >= 0.6 is 0 Å². The average molecular weight is 210 g/mol. The fraction of sp³-hybridized carbons (Fsp3) is 0.111. The van der Waals surface area contributed by atoms with Crippen molar-refractivity contribution in [3.05, 3.63) is 30.6 Å². The lowest BCUT2D eigenvalue weighted by molar-refractivity contribution is -0.0494. The van der Waals surface area contributed by atoms with Gasteiger partial charge in [0.25, 0.3) is 0 Å². The van der Waals surface area contributed by atoms with Crippen molar-refractivity contribution in [1.82, 2.24) is 15.2 Å².